The van der Waals surface area contributed by atoms with Crippen LogP contribution in [0, 0.1) is 12.8 Å². The van der Waals surface area contributed by atoms with Gasteiger partial charge in [-0.1, -0.05) is 6.42 Å². The Balaban J connectivity index is 1.49. The van der Waals surface area contributed by atoms with Crippen LogP contribution in [0.15, 0.2) is 30.3 Å². The summed E-state index contributed by atoms with van der Waals surface area (Å²) in [7, 11) is 1.40. The smallest absolute Gasteiger partial charge is 0.414 e. The monoisotopic (exact) mass is 516 g/mol. The quantitative estimate of drug-likeness (QED) is 0.318. The number of hydrogen-bond donors (Lipinski definition) is 3. The first kappa shape index (κ1) is 24.3. The lowest BCUT2D eigenvalue weighted by atomic mass is 9.85. The summed E-state index contributed by atoms with van der Waals surface area (Å²) in [6.07, 6.45) is 4.18. The molecule has 3 atom stereocenters. The number of carboxylic acids is 1. The van der Waals surface area contributed by atoms with Crippen molar-refractivity contribution in [2.24, 2.45) is 5.92 Å². The van der Waals surface area contributed by atoms with Crippen molar-refractivity contribution < 1.29 is 19.4 Å². The lowest BCUT2D eigenvalue weighted by Gasteiger charge is -2.34. The van der Waals surface area contributed by atoms with Gasteiger partial charge in [0.25, 0.3) is 0 Å². The molecule has 3 heterocycles. The van der Waals surface area contributed by atoms with E-state index in [2.05, 4.69) is 20.1 Å². The largest absolute Gasteiger partial charge is 0.481 e. The lowest BCUT2D eigenvalue weighted by molar-refractivity contribution is -0.143. The highest BCUT2D eigenvalue weighted by Crippen LogP contribution is 2.42. The fourth-order valence-corrected chi connectivity index (χ4v) is 6.21. The van der Waals surface area contributed by atoms with Crippen LogP contribution in [-0.4, -0.2) is 50.1 Å². The van der Waals surface area contributed by atoms with Crippen molar-refractivity contribution in [3.8, 4) is 0 Å². The molecular weight excluding hydrogens is 484 g/mol. The molecule has 0 spiro atoms. The first-order chi connectivity index (χ1) is 18.4. The van der Waals surface area contributed by atoms with Gasteiger partial charge in [-0.05, 0) is 76.3 Å². The number of aromatic nitrogens is 4. The Kier molecular flexibility index (Phi) is 5.97. The number of carbonyl (C=O) groups is 2. The predicted molar refractivity (Wildman–Crippen MR) is 145 cm³/mol. The molecule has 0 radical (unpaired) electrons. The highest BCUT2D eigenvalue weighted by molar-refractivity contribution is 5.96. The summed E-state index contributed by atoms with van der Waals surface area (Å²) in [6.45, 7) is 4.02. The molecule has 2 aliphatic rings. The second kappa shape index (κ2) is 9.34. The molecule has 0 saturated heterocycles. The zero-order valence-corrected chi connectivity index (χ0v) is 21.8. The number of benzene rings is 2. The van der Waals surface area contributed by atoms with Crippen molar-refractivity contribution in [2.75, 3.05) is 17.3 Å². The molecule has 1 amide bonds. The molecule has 1 fully saturated rings. The lowest BCUT2D eigenvalue weighted by Crippen LogP contribution is -2.42. The number of nitrogens with zero attached hydrogens (tertiary/aromatic N) is 4. The molecule has 3 N–H and O–H groups in total. The van der Waals surface area contributed by atoms with Crippen molar-refractivity contribution in [3.05, 3.63) is 41.6 Å². The van der Waals surface area contributed by atoms with Gasteiger partial charge in [0, 0.05) is 34.4 Å². The van der Waals surface area contributed by atoms with E-state index in [9.17, 15) is 14.7 Å². The number of nitrogens with one attached hydrogen (secondary N) is 2. The Hall–Kier alpha value is -4.08. The van der Waals surface area contributed by atoms with Crippen LogP contribution in [0.1, 0.15) is 56.3 Å². The van der Waals surface area contributed by atoms with E-state index in [-0.39, 0.29) is 24.1 Å². The van der Waals surface area contributed by atoms with Gasteiger partial charge >= 0.3 is 12.1 Å². The van der Waals surface area contributed by atoms with Crippen molar-refractivity contribution in [1.29, 1.82) is 0 Å². The van der Waals surface area contributed by atoms with Crippen LogP contribution < -0.4 is 10.2 Å². The van der Waals surface area contributed by atoms with E-state index in [1.165, 1.54) is 7.11 Å². The van der Waals surface area contributed by atoms with E-state index in [0.717, 1.165) is 70.3 Å². The van der Waals surface area contributed by atoms with E-state index in [1.54, 1.807) is 4.90 Å². The minimum atomic E-state index is -0.743. The highest BCUT2D eigenvalue weighted by atomic mass is 16.5. The number of methoxy groups -OCH3 is 1. The topological polar surface area (TPSA) is 125 Å². The Bertz CT molecular complexity index is 1560. The van der Waals surface area contributed by atoms with Gasteiger partial charge in [0.1, 0.15) is 0 Å². The molecule has 10 heteroatoms. The van der Waals surface area contributed by atoms with Crippen LogP contribution in [0.4, 0.5) is 22.1 Å². The zero-order chi connectivity index (χ0) is 26.6. The van der Waals surface area contributed by atoms with Crippen LogP contribution in [-0.2, 0) is 16.0 Å². The van der Waals surface area contributed by atoms with Gasteiger partial charge in [0.15, 0.2) is 0 Å². The molecule has 38 heavy (non-hydrogen) atoms. The van der Waals surface area contributed by atoms with Gasteiger partial charge in [-0.2, -0.15) is 5.10 Å². The van der Waals surface area contributed by atoms with Crippen molar-refractivity contribution in [1.82, 2.24) is 19.7 Å². The van der Waals surface area contributed by atoms with Crippen molar-refractivity contribution in [2.45, 2.75) is 64.5 Å². The number of H-pyrrole nitrogens is 1. The number of imidazole rings is 1. The third-order valence-corrected chi connectivity index (χ3v) is 8.19. The average Bonchev–Trinajstić information content (AvgIpc) is 3.47. The minimum absolute atomic E-state index is 0.00835. The highest BCUT2D eigenvalue weighted by Gasteiger charge is 2.34. The van der Waals surface area contributed by atoms with E-state index in [0.29, 0.717) is 18.8 Å². The number of carboxylic acid groups (broad SMARTS) is 1. The maximum absolute atomic E-state index is 12.6. The standard InChI is InChI=1S/C28H32N6O4/c1-15-7-9-21-23(33(15)28(37)38-3)11-12-24-25(21)30-27(34(24)19-6-4-5-17(13-19)26(35)36)29-18-8-10-20-16(2)31-32-22(20)14-18/h8,10-12,14-15,17,19H,4-7,9,13H2,1-3H3,(H,29,30)(H,31,32)(H,35,36)/t15-,17+,19+/m0/s1. The number of rotatable bonds is 4. The Labute approximate surface area is 220 Å². The molecule has 6 rings (SSSR count). The Morgan fingerprint density at radius 2 is 2.03 bits per heavy atom. The first-order valence-electron chi connectivity index (χ1n) is 13.2. The number of hydrogen-bond acceptors (Lipinski definition) is 6. The van der Waals surface area contributed by atoms with Crippen LogP contribution in [0.5, 0.6) is 0 Å². The second-order valence-electron chi connectivity index (χ2n) is 10.5. The van der Waals surface area contributed by atoms with Gasteiger partial charge in [0.2, 0.25) is 5.95 Å². The molecule has 1 saturated carbocycles. The van der Waals surface area contributed by atoms with Crippen molar-refractivity contribution in [3.63, 3.8) is 0 Å². The molecule has 0 unspecified atom stereocenters. The van der Waals surface area contributed by atoms with Gasteiger partial charge in [-0.25, -0.2) is 9.78 Å². The maximum atomic E-state index is 12.6. The molecule has 0 bridgehead atoms. The normalized spacial score (nSPS) is 21.4. The molecule has 1 aliphatic carbocycles. The van der Waals surface area contributed by atoms with Crippen LogP contribution in [0.3, 0.4) is 0 Å². The molecule has 4 aromatic rings. The summed E-state index contributed by atoms with van der Waals surface area (Å²) < 4.78 is 7.26. The zero-order valence-electron chi connectivity index (χ0n) is 21.8. The molecular formula is C28H32N6O4. The number of ether oxygens (including phenoxy) is 1. The molecule has 198 valence electrons. The minimum Gasteiger partial charge on any atom is -0.481 e. The third kappa shape index (κ3) is 3.95. The fraction of sp³-hybridized carbons (Fsp3) is 0.429. The predicted octanol–water partition coefficient (Wildman–Crippen LogP) is 5.69. The number of aromatic amines is 1. The number of aryl methyl sites for hydroxylation is 2. The van der Waals surface area contributed by atoms with Crippen molar-refractivity contribution >= 4 is 51.3 Å². The van der Waals surface area contributed by atoms with Gasteiger partial charge < -0.3 is 19.7 Å². The first-order valence-corrected chi connectivity index (χ1v) is 13.2. The molecule has 10 nitrogen and oxygen atoms in total. The molecule has 2 aromatic heterocycles. The van der Waals surface area contributed by atoms with E-state index in [1.807, 2.05) is 44.2 Å². The second-order valence-corrected chi connectivity index (χ2v) is 10.5. The summed E-state index contributed by atoms with van der Waals surface area (Å²) in [5.74, 6) is -0.455. The molecule has 2 aromatic carbocycles. The average molecular weight is 517 g/mol. The summed E-state index contributed by atoms with van der Waals surface area (Å²) in [5.41, 5.74) is 6.33. The Morgan fingerprint density at radius 1 is 1.18 bits per heavy atom. The summed E-state index contributed by atoms with van der Waals surface area (Å²) in [6, 6.07) is 10.0. The summed E-state index contributed by atoms with van der Waals surface area (Å²) in [5, 5.41) is 21.8. The number of anilines is 3. The van der Waals surface area contributed by atoms with Crippen LogP contribution in [0.2, 0.25) is 0 Å². The van der Waals surface area contributed by atoms with Crippen LogP contribution >= 0.6 is 0 Å². The van der Waals surface area contributed by atoms with E-state index >= 15 is 0 Å². The van der Waals surface area contributed by atoms with Crippen LogP contribution in [0.25, 0.3) is 21.9 Å². The van der Waals surface area contributed by atoms with E-state index < -0.39 is 5.97 Å². The maximum Gasteiger partial charge on any atom is 0.414 e. The number of amides is 1. The number of aliphatic carboxylic acids is 1. The van der Waals surface area contributed by atoms with Gasteiger partial charge in [-0.3, -0.25) is 14.8 Å². The number of carbonyl (C=O) groups excluding carboxylic acids is 1. The summed E-state index contributed by atoms with van der Waals surface area (Å²) >= 11 is 0. The number of fused-ring (bicyclic) bond motifs is 4. The Morgan fingerprint density at radius 3 is 2.82 bits per heavy atom. The third-order valence-electron chi connectivity index (χ3n) is 8.19. The molecule has 1 aliphatic heterocycles. The van der Waals surface area contributed by atoms with Gasteiger partial charge in [0.05, 0.1) is 35.3 Å². The van der Waals surface area contributed by atoms with E-state index in [4.69, 9.17) is 9.72 Å². The fourth-order valence-electron chi connectivity index (χ4n) is 6.21. The SMILES string of the molecule is COC(=O)N1c2ccc3c(nc(Nc4ccc5c(C)[nH]nc5c4)n3[C@@H]3CCC[C@@H](C(=O)O)C3)c2CC[C@@H]1C. The van der Waals surface area contributed by atoms with Gasteiger partial charge in [-0.15, -0.1) is 0 Å². The summed E-state index contributed by atoms with van der Waals surface area (Å²) in [4.78, 5) is 31.3.